The molecule has 9 nitrogen and oxygen atoms in total. The average Bonchev–Trinajstić information content (AvgIpc) is 3.23. The van der Waals surface area contributed by atoms with Crippen molar-refractivity contribution >= 4 is 29.4 Å². The number of aromatic nitrogens is 1. The maximum Gasteiger partial charge on any atom is 0.414 e. The van der Waals surface area contributed by atoms with Crippen molar-refractivity contribution in [2.24, 2.45) is 0 Å². The summed E-state index contributed by atoms with van der Waals surface area (Å²) >= 11 is 0. The van der Waals surface area contributed by atoms with Gasteiger partial charge in [0.15, 0.2) is 0 Å². The van der Waals surface area contributed by atoms with Crippen LogP contribution in [0.4, 0.5) is 20.7 Å². The highest BCUT2D eigenvalue weighted by molar-refractivity contribution is 5.90. The van der Waals surface area contributed by atoms with Crippen molar-refractivity contribution in [1.82, 2.24) is 15.2 Å². The Labute approximate surface area is 196 Å². The monoisotopic (exact) mass is 467 g/mol. The Balaban J connectivity index is 1.41. The molecule has 3 amide bonds. The summed E-state index contributed by atoms with van der Waals surface area (Å²) in [6, 6.07) is 8.19. The summed E-state index contributed by atoms with van der Waals surface area (Å²) in [6.07, 6.45) is 1.86. The van der Waals surface area contributed by atoms with Crippen LogP contribution >= 0.6 is 0 Å². The number of carbonyl (C=O) groups excluding carboxylic acids is 3. The van der Waals surface area contributed by atoms with Crippen molar-refractivity contribution < 1.29 is 23.5 Å². The zero-order chi connectivity index (χ0) is 24.2. The van der Waals surface area contributed by atoms with Crippen LogP contribution in [0.15, 0.2) is 49.2 Å². The highest BCUT2D eigenvalue weighted by atomic mass is 19.1. The van der Waals surface area contributed by atoms with Gasteiger partial charge in [0.05, 0.1) is 18.8 Å². The van der Waals surface area contributed by atoms with Crippen molar-refractivity contribution in [2.45, 2.75) is 13.0 Å². The van der Waals surface area contributed by atoms with E-state index in [2.05, 4.69) is 21.8 Å². The van der Waals surface area contributed by atoms with Gasteiger partial charge < -0.3 is 19.9 Å². The molecule has 2 aromatic rings. The Kier molecular flexibility index (Phi) is 6.76. The van der Waals surface area contributed by atoms with Crippen LogP contribution < -0.4 is 15.1 Å². The Morgan fingerprint density at radius 3 is 2.62 bits per heavy atom. The summed E-state index contributed by atoms with van der Waals surface area (Å²) in [5.41, 5.74) is 1.36. The van der Waals surface area contributed by atoms with Gasteiger partial charge in [-0.25, -0.2) is 14.2 Å². The fraction of sp³-hybridized carbons (Fsp3) is 0.333. The largest absolute Gasteiger partial charge is 0.442 e. The molecular weight excluding hydrogens is 441 g/mol. The van der Waals surface area contributed by atoms with E-state index in [1.54, 1.807) is 29.3 Å². The third-order valence-electron chi connectivity index (χ3n) is 5.87. The minimum absolute atomic E-state index is 0.0766. The number of nitrogens with one attached hydrogen (secondary N) is 1. The number of hydrogen-bond acceptors (Lipinski definition) is 6. The van der Waals surface area contributed by atoms with Gasteiger partial charge in [-0.1, -0.05) is 6.58 Å². The SMILES string of the molecule is C=CC(=O)N1CCN(c2ccc(-c3ccc(N4C[C@H](CNC(C)=O)OC4=O)cc3F)cn2)CC1. The zero-order valence-electron chi connectivity index (χ0n) is 18.9. The van der Waals surface area contributed by atoms with E-state index in [0.717, 1.165) is 5.82 Å². The molecule has 0 spiro atoms. The first-order valence-corrected chi connectivity index (χ1v) is 11.0. The van der Waals surface area contributed by atoms with E-state index in [-0.39, 0.29) is 24.9 Å². The number of piperazine rings is 1. The molecule has 1 N–H and O–H groups in total. The summed E-state index contributed by atoms with van der Waals surface area (Å²) in [4.78, 5) is 44.6. The molecule has 0 unspecified atom stereocenters. The Morgan fingerprint density at radius 1 is 1.24 bits per heavy atom. The van der Waals surface area contributed by atoms with Crippen LogP contribution in [0, 0.1) is 5.82 Å². The topological polar surface area (TPSA) is 95.1 Å². The molecular formula is C24H26FN5O4. The molecule has 0 bridgehead atoms. The van der Waals surface area contributed by atoms with Gasteiger partial charge in [-0.2, -0.15) is 0 Å². The molecule has 4 rings (SSSR count). The van der Waals surface area contributed by atoms with Crippen molar-refractivity contribution in [1.29, 1.82) is 0 Å². The second kappa shape index (κ2) is 9.90. The predicted molar refractivity (Wildman–Crippen MR) is 125 cm³/mol. The van der Waals surface area contributed by atoms with Crippen molar-refractivity contribution in [3.05, 3.63) is 55.0 Å². The number of benzene rings is 1. The first-order chi connectivity index (χ1) is 16.4. The Hall–Kier alpha value is -3.95. The van der Waals surface area contributed by atoms with E-state index in [4.69, 9.17) is 4.74 Å². The molecule has 1 aromatic heterocycles. The molecule has 10 heteroatoms. The first kappa shape index (κ1) is 23.2. The van der Waals surface area contributed by atoms with Gasteiger partial charge >= 0.3 is 6.09 Å². The fourth-order valence-electron chi connectivity index (χ4n) is 4.02. The number of pyridine rings is 1. The van der Waals surface area contributed by atoms with Gasteiger partial charge in [0.1, 0.15) is 17.7 Å². The van der Waals surface area contributed by atoms with Gasteiger partial charge in [0.25, 0.3) is 0 Å². The van der Waals surface area contributed by atoms with Crippen LogP contribution in [0.5, 0.6) is 0 Å². The maximum atomic E-state index is 15.0. The van der Waals surface area contributed by atoms with E-state index < -0.39 is 18.0 Å². The zero-order valence-corrected chi connectivity index (χ0v) is 18.9. The van der Waals surface area contributed by atoms with E-state index in [1.807, 2.05) is 6.07 Å². The highest BCUT2D eigenvalue weighted by Gasteiger charge is 2.32. The smallest absolute Gasteiger partial charge is 0.414 e. The van der Waals surface area contributed by atoms with E-state index in [0.29, 0.717) is 43.0 Å². The van der Waals surface area contributed by atoms with Crippen LogP contribution in [-0.2, 0) is 14.3 Å². The second-order valence-corrected chi connectivity index (χ2v) is 8.14. The van der Waals surface area contributed by atoms with E-state index >= 15 is 0 Å². The molecule has 34 heavy (non-hydrogen) atoms. The molecule has 2 fully saturated rings. The lowest BCUT2D eigenvalue weighted by atomic mass is 10.1. The lowest BCUT2D eigenvalue weighted by Gasteiger charge is -2.34. The van der Waals surface area contributed by atoms with Gasteiger partial charge in [-0.3, -0.25) is 14.5 Å². The number of nitrogens with zero attached hydrogens (tertiary/aromatic N) is 4. The van der Waals surface area contributed by atoms with E-state index in [9.17, 15) is 18.8 Å². The van der Waals surface area contributed by atoms with Gasteiger partial charge in [-0.05, 0) is 36.4 Å². The Morgan fingerprint density at radius 2 is 2.00 bits per heavy atom. The molecule has 1 aromatic carbocycles. The molecule has 0 saturated carbocycles. The summed E-state index contributed by atoms with van der Waals surface area (Å²) in [6.45, 7) is 7.83. The Bertz CT molecular complexity index is 1100. The van der Waals surface area contributed by atoms with Crippen LogP contribution in [0.3, 0.4) is 0 Å². The van der Waals surface area contributed by atoms with Crippen LogP contribution in [0.2, 0.25) is 0 Å². The van der Waals surface area contributed by atoms with Crippen molar-refractivity contribution in [3.63, 3.8) is 0 Å². The van der Waals surface area contributed by atoms with Crippen LogP contribution in [0.25, 0.3) is 11.1 Å². The number of rotatable bonds is 6. The predicted octanol–water partition coefficient (Wildman–Crippen LogP) is 2.18. The first-order valence-electron chi connectivity index (χ1n) is 11.0. The van der Waals surface area contributed by atoms with Gasteiger partial charge in [0.2, 0.25) is 11.8 Å². The summed E-state index contributed by atoms with van der Waals surface area (Å²) in [7, 11) is 0. The highest BCUT2D eigenvalue weighted by Crippen LogP contribution is 2.29. The molecule has 2 aliphatic heterocycles. The molecule has 1 atom stereocenters. The third-order valence-corrected chi connectivity index (χ3v) is 5.87. The standard InChI is InChI=1S/C24H26FN5O4/c1-3-23(32)29-10-8-28(9-11-29)22-7-4-17(13-27-22)20-6-5-18(12-21(20)25)30-15-19(34-24(30)33)14-26-16(2)31/h3-7,12-13,19H,1,8-11,14-15H2,2H3,(H,26,31)/t19-/m0/s1. The lowest BCUT2D eigenvalue weighted by molar-refractivity contribution is -0.126. The molecule has 2 aliphatic rings. The molecule has 3 heterocycles. The number of cyclic esters (lactones) is 1. The number of halogens is 1. The number of ether oxygens (including phenoxy) is 1. The number of carbonyl (C=O) groups is 3. The third kappa shape index (κ3) is 5.00. The van der Waals surface area contributed by atoms with Crippen molar-refractivity contribution in [3.8, 4) is 11.1 Å². The second-order valence-electron chi connectivity index (χ2n) is 8.14. The van der Waals surface area contributed by atoms with Crippen LogP contribution in [0.1, 0.15) is 6.92 Å². The molecule has 178 valence electrons. The maximum absolute atomic E-state index is 15.0. The number of amides is 3. The minimum Gasteiger partial charge on any atom is -0.442 e. The van der Waals surface area contributed by atoms with Crippen LogP contribution in [-0.4, -0.2) is 73.2 Å². The van der Waals surface area contributed by atoms with Gasteiger partial charge in [-0.15, -0.1) is 0 Å². The molecule has 0 aliphatic carbocycles. The lowest BCUT2D eigenvalue weighted by Crippen LogP contribution is -2.48. The molecule has 2 saturated heterocycles. The quantitative estimate of drug-likeness (QED) is 0.655. The normalized spacial score (nSPS) is 18.0. The van der Waals surface area contributed by atoms with Crippen molar-refractivity contribution in [2.75, 3.05) is 49.1 Å². The van der Waals surface area contributed by atoms with Gasteiger partial charge in [0, 0.05) is 50.4 Å². The summed E-state index contributed by atoms with van der Waals surface area (Å²) in [5, 5.41) is 2.61. The number of anilines is 2. The number of hydrogen-bond donors (Lipinski definition) is 1. The molecule has 0 radical (unpaired) electrons. The average molecular weight is 468 g/mol. The fourth-order valence-corrected chi connectivity index (χ4v) is 4.02. The minimum atomic E-state index is -0.580. The van der Waals surface area contributed by atoms with E-state index in [1.165, 1.54) is 24.0 Å². The summed E-state index contributed by atoms with van der Waals surface area (Å²) < 4.78 is 20.2. The summed E-state index contributed by atoms with van der Waals surface area (Å²) in [5.74, 6) is -0.0138.